The quantitative estimate of drug-likeness (QED) is 0.798. The molecular weight excluding hydrogens is 236 g/mol. The second-order valence-electron chi connectivity index (χ2n) is 5.78. The lowest BCUT2D eigenvalue weighted by Gasteiger charge is -2.28. The summed E-state index contributed by atoms with van der Waals surface area (Å²) in [5.41, 5.74) is 2.24. The Kier molecular flexibility index (Phi) is 5.55. The number of amides is 1. The average Bonchev–Trinajstić information content (AvgIpc) is 2.35. The largest absolute Gasteiger partial charge is 0.347 e. The van der Waals surface area contributed by atoms with Gasteiger partial charge in [-0.3, -0.25) is 4.79 Å². The molecule has 1 aromatic carbocycles. The molecule has 0 spiro atoms. The summed E-state index contributed by atoms with van der Waals surface area (Å²) in [5, 5.41) is 3.34. The molecule has 0 radical (unpaired) electrons. The van der Waals surface area contributed by atoms with Gasteiger partial charge in [0.1, 0.15) is 0 Å². The zero-order valence-corrected chi connectivity index (χ0v) is 12.8. The van der Waals surface area contributed by atoms with Crippen molar-refractivity contribution >= 4 is 5.91 Å². The Balaban J connectivity index is 2.39. The third-order valence-corrected chi connectivity index (χ3v) is 3.39. The molecule has 1 amide bonds. The molecule has 1 rings (SSSR count). The average molecular weight is 262 g/mol. The summed E-state index contributed by atoms with van der Waals surface area (Å²) >= 11 is 0. The van der Waals surface area contributed by atoms with Crippen molar-refractivity contribution in [3.63, 3.8) is 0 Å². The van der Waals surface area contributed by atoms with E-state index in [1.54, 1.807) is 19.0 Å². The number of nitrogens with one attached hydrogen (secondary N) is 1. The highest BCUT2D eigenvalue weighted by Gasteiger charge is 2.27. The molecule has 0 heterocycles. The van der Waals surface area contributed by atoms with E-state index in [-0.39, 0.29) is 5.91 Å². The maximum atomic E-state index is 11.9. The highest BCUT2D eigenvalue weighted by molar-refractivity contribution is 5.85. The molecule has 0 bridgehead atoms. The Morgan fingerprint density at radius 2 is 1.89 bits per heavy atom. The van der Waals surface area contributed by atoms with Crippen LogP contribution in [0, 0.1) is 6.92 Å². The van der Waals surface area contributed by atoms with Crippen molar-refractivity contribution < 1.29 is 4.79 Å². The van der Waals surface area contributed by atoms with E-state index in [9.17, 15) is 4.79 Å². The van der Waals surface area contributed by atoms with Crippen molar-refractivity contribution in [1.82, 2.24) is 10.2 Å². The lowest BCUT2D eigenvalue weighted by molar-refractivity contribution is -0.134. The molecule has 0 unspecified atom stereocenters. The van der Waals surface area contributed by atoms with Gasteiger partial charge < -0.3 is 10.2 Å². The molecule has 0 aliphatic heterocycles. The first-order valence-corrected chi connectivity index (χ1v) is 6.86. The van der Waals surface area contributed by atoms with E-state index >= 15 is 0 Å². The Morgan fingerprint density at radius 1 is 1.26 bits per heavy atom. The van der Waals surface area contributed by atoms with Gasteiger partial charge in [0.05, 0.1) is 5.54 Å². The maximum absolute atomic E-state index is 11.9. The van der Waals surface area contributed by atoms with Crippen LogP contribution < -0.4 is 5.32 Å². The van der Waals surface area contributed by atoms with Crippen LogP contribution in [0.4, 0.5) is 0 Å². The summed E-state index contributed by atoms with van der Waals surface area (Å²) in [6, 6.07) is 8.46. The highest BCUT2D eigenvalue weighted by atomic mass is 16.2. The first kappa shape index (κ1) is 15.7. The highest BCUT2D eigenvalue weighted by Crippen LogP contribution is 2.10. The normalized spacial score (nSPS) is 11.4. The number of likely N-dealkylation sites (N-methyl/N-ethyl adjacent to an activating group) is 1. The molecule has 106 valence electrons. The summed E-state index contributed by atoms with van der Waals surface area (Å²) in [4.78, 5) is 13.6. The Labute approximate surface area is 117 Å². The molecule has 0 fully saturated rings. The van der Waals surface area contributed by atoms with Crippen LogP contribution in [0.25, 0.3) is 0 Å². The molecule has 1 N–H and O–H groups in total. The second kappa shape index (κ2) is 6.71. The van der Waals surface area contributed by atoms with Gasteiger partial charge >= 0.3 is 0 Å². The predicted molar refractivity (Wildman–Crippen MR) is 80.3 cm³/mol. The standard InChI is InChI=1S/C16H26N2O/c1-13-9-6-7-10-14(13)11-8-12-17-16(2,3)15(19)18(4)5/h6-7,9-10,17H,8,11-12H2,1-5H3. The SMILES string of the molecule is Cc1ccccc1CCCNC(C)(C)C(=O)N(C)C. The van der Waals surface area contributed by atoms with Gasteiger partial charge in [-0.1, -0.05) is 24.3 Å². The maximum Gasteiger partial charge on any atom is 0.241 e. The first-order valence-electron chi connectivity index (χ1n) is 6.86. The summed E-state index contributed by atoms with van der Waals surface area (Å²) < 4.78 is 0. The number of carbonyl (C=O) groups is 1. The van der Waals surface area contributed by atoms with Crippen LogP contribution in [-0.2, 0) is 11.2 Å². The molecule has 0 aliphatic carbocycles. The van der Waals surface area contributed by atoms with Crippen LogP contribution >= 0.6 is 0 Å². The number of rotatable bonds is 6. The molecule has 0 saturated carbocycles. The summed E-state index contributed by atoms with van der Waals surface area (Å²) in [6.07, 6.45) is 2.08. The van der Waals surface area contributed by atoms with Gasteiger partial charge in [0, 0.05) is 14.1 Å². The summed E-state index contributed by atoms with van der Waals surface area (Å²) in [7, 11) is 3.58. The fraction of sp³-hybridized carbons (Fsp3) is 0.562. The van der Waals surface area contributed by atoms with Gasteiger partial charge in [-0.15, -0.1) is 0 Å². The van der Waals surface area contributed by atoms with E-state index in [0.29, 0.717) is 0 Å². The van der Waals surface area contributed by atoms with Gasteiger partial charge in [0.25, 0.3) is 0 Å². The smallest absolute Gasteiger partial charge is 0.241 e. The van der Waals surface area contributed by atoms with E-state index in [1.807, 2.05) is 13.8 Å². The summed E-state index contributed by atoms with van der Waals surface area (Å²) in [6.45, 7) is 6.86. The van der Waals surface area contributed by atoms with E-state index in [0.717, 1.165) is 19.4 Å². The number of hydrogen-bond donors (Lipinski definition) is 1. The van der Waals surface area contributed by atoms with Gasteiger partial charge in [-0.2, -0.15) is 0 Å². The van der Waals surface area contributed by atoms with Gasteiger partial charge in [0.2, 0.25) is 5.91 Å². The van der Waals surface area contributed by atoms with Crippen molar-refractivity contribution in [3.05, 3.63) is 35.4 Å². The van der Waals surface area contributed by atoms with Crippen LogP contribution in [0.3, 0.4) is 0 Å². The zero-order chi connectivity index (χ0) is 14.5. The van der Waals surface area contributed by atoms with Gasteiger partial charge in [-0.25, -0.2) is 0 Å². The molecule has 0 aromatic heterocycles. The molecule has 0 saturated heterocycles. The van der Waals surface area contributed by atoms with E-state index in [2.05, 4.69) is 36.5 Å². The van der Waals surface area contributed by atoms with E-state index in [4.69, 9.17) is 0 Å². The number of benzene rings is 1. The molecule has 3 nitrogen and oxygen atoms in total. The van der Waals surface area contributed by atoms with Crippen molar-refractivity contribution in [2.45, 2.75) is 39.2 Å². The number of aryl methyl sites for hydroxylation is 2. The second-order valence-corrected chi connectivity index (χ2v) is 5.78. The molecule has 19 heavy (non-hydrogen) atoms. The van der Waals surface area contributed by atoms with Crippen LogP contribution in [0.1, 0.15) is 31.4 Å². The number of nitrogens with zero attached hydrogens (tertiary/aromatic N) is 1. The zero-order valence-electron chi connectivity index (χ0n) is 12.8. The lowest BCUT2D eigenvalue weighted by atomic mass is 10.0. The first-order chi connectivity index (χ1) is 8.84. The monoisotopic (exact) mass is 262 g/mol. The van der Waals surface area contributed by atoms with Crippen LogP contribution in [0.5, 0.6) is 0 Å². The molecule has 0 aliphatic rings. The predicted octanol–water partition coefficient (Wildman–Crippen LogP) is 2.38. The third-order valence-electron chi connectivity index (χ3n) is 3.39. The van der Waals surface area contributed by atoms with E-state index in [1.165, 1.54) is 11.1 Å². The van der Waals surface area contributed by atoms with Crippen molar-refractivity contribution in [2.75, 3.05) is 20.6 Å². The van der Waals surface area contributed by atoms with Crippen molar-refractivity contribution in [3.8, 4) is 0 Å². The molecule has 0 atom stereocenters. The van der Waals surface area contributed by atoms with Crippen LogP contribution in [0.2, 0.25) is 0 Å². The number of hydrogen-bond acceptors (Lipinski definition) is 2. The fourth-order valence-corrected chi connectivity index (χ4v) is 2.20. The molecule has 1 aromatic rings. The van der Waals surface area contributed by atoms with Gasteiger partial charge in [0.15, 0.2) is 0 Å². The Morgan fingerprint density at radius 3 is 2.47 bits per heavy atom. The van der Waals surface area contributed by atoms with E-state index < -0.39 is 5.54 Å². The van der Waals surface area contributed by atoms with Crippen LogP contribution in [-0.4, -0.2) is 37.0 Å². The minimum absolute atomic E-state index is 0.114. The molecular formula is C16H26N2O. The minimum atomic E-state index is -0.491. The fourth-order valence-electron chi connectivity index (χ4n) is 2.20. The topological polar surface area (TPSA) is 32.3 Å². The summed E-state index contributed by atoms with van der Waals surface area (Å²) in [5.74, 6) is 0.114. The van der Waals surface area contributed by atoms with Crippen molar-refractivity contribution in [2.24, 2.45) is 0 Å². The molecule has 3 heteroatoms. The van der Waals surface area contributed by atoms with Crippen molar-refractivity contribution in [1.29, 1.82) is 0 Å². The Bertz CT molecular complexity index is 425. The Hall–Kier alpha value is -1.35. The van der Waals surface area contributed by atoms with Crippen LogP contribution in [0.15, 0.2) is 24.3 Å². The minimum Gasteiger partial charge on any atom is -0.347 e. The van der Waals surface area contributed by atoms with Gasteiger partial charge in [-0.05, 0) is 51.3 Å². The third kappa shape index (κ3) is 4.67. The lowest BCUT2D eigenvalue weighted by Crippen LogP contribution is -2.52. The number of carbonyl (C=O) groups excluding carboxylic acids is 1.